The van der Waals surface area contributed by atoms with Crippen LogP contribution in [0.3, 0.4) is 0 Å². The minimum atomic E-state index is -0.278. The highest BCUT2D eigenvalue weighted by atomic mass is 16.5. The molecule has 0 saturated carbocycles. The van der Waals surface area contributed by atoms with Crippen LogP contribution in [0.2, 0.25) is 0 Å². The van der Waals surface area contributed by atoms with E-state index in [9.17, 15) is 9.59 Å². The molecule has 2 aromatic carbocycles. The van der Waals surface area contributed by atoms with Crippen molar-refractivity contribution >= 4 is 16.9 Å². The lowest BCUT2D eigenvalue weighted by molar-refractivity contribution is -0.134. The molecule has 1 saturated heterocycles. The normalized spacial score (nSPS) is 14.4. The third-order valence-corrected chi connectivity index (χ3v) is 5.48. The third-order valence-electron chi connectivity index (χ3n) is 5.48. The summed E-state index contributed by atoms with van der Waals surface area (Å²) in [7, 11) is 3.62. The predicted octanol–water partition coefficient (Wildman–Crippen LogP) is 3.06. The van der Waals surface area contributed by atoms with Crippen LogP contribution in [0.1, 0.15) is 5.76 Å². The molecule has 0 unspecified atom stereocenters. The lowest BCUT2D eigenvalue weighted by atomic mass is 10.2. The van der Waals surface area contributed by atoms with Gasteiger partial charge in [-0.1, -0.05) is 0 Å². The van der Waals surface area contributed by atoms with E-state index in [4.69, 9.17) is 18.6 Å². The van der Waals surface area contributed by atoms with Crippen LogP contribution in [0.4, 0.5) is 0 Å². The molecule has 1 aliphatic rings. The van der Waals surface area contributed by atoms with Gasteiger partial charge >= 0.3 is 0 Å². The van der Waals surface area contributed by atoms with Crippen molar-refractivity contribution in [2.45, 2.75) is 6.92 Å². The first-order valence-corrected chi connectivity index (χ1v) is 10.4. The first-order chi connectivity index (χ1) is 15.4. The van der Waals surface area contributed by atoms with E-state index in [0.29, 0.717) is 47.1 Å². The Kier molecular flexibility index (Phi) is 6.32. The average Bonchev–Trinajstić information content (AvgIpc) is 2.81. The summed E-state index contributed by atoms with van der Waals surface area (Å²) in [5, 5.41) is 0.372. The molecular weight excluding hydrogens is 412 g/mol. The SMILES string of the molecule is COc1ccc(Oc2c(C)oc3cc(OCC(=O)N4CCN(C)CC4)ccc3c2=O)cc1. The molecule has 3 aromatic rings. The van der Waals surface area contributed by atoms with Gasteiger partial charge in [0.1, 0.15) is 28.6 Å². The molecule has 0 spiro atoms. The molecule has 1 aromatic heterocycles. The van der Waals surface area contributed by atoms with Gasteiger partial charge in [0.2, 0.25) is 11.2 Å². The Morgan fingerprint density at radius 2 is 1.66 bits per heavy atom. The summed E-state index contributed by atoms with van der Waals surface area (Å²) in [5.74, 6) is 2.08. The van der Waals surface area contributed by atoms with Gasteiger partial charge in [-0.3, -0.25) is 9.59 Å². The number of fused-ring (bicyclic) bond motifs is 1. The van der Waals surface area contributed by atoms with Gasteiger partial charge in [0, 0.05) is 32.2 Å². The third kappa shape index (κ3) is 4.70. The Hall–Kier alpha value is -3.52. The van der Waals surface area contributed by atoms with Crippen LogP contribution in [-0.4, -0.2) is 62.7 Å². The summed E-state index contributed by atoms with van der Waals surface area (Å²) in [6.45, 7) is 4.71. The van der Waals surface area contributed by atoms with E-state index in [1.54, 1.807) is 61.4 Å². The number of rotatable bonds is 6. The van der Waals surface area contributed by atoms with E-state index >= 15 is 0 Å². The zero-order valence-corrected chi connectivity index (χ0v) is 18.4. The number of carbonyl (C=O) groups excluding carboxylic acids is 1. The van der Waals surface area contributed by atoms with Crippen molar-refractivity contribution in [3.05, 3.63) is 58.4 Å². The van der Waals surface area contributed by atoms with E-state index in [-0.39, 0.29) is 23.7 Å². The summed E-state index contributed by atoms with van der Waals surface area (Å²) in [4.78, 5) is 29.4. The maximum absolute atomic E-state index is 13.0. The monoisotopic (exact) mass is 438 g/mol. The lowest BCUT2D eigenvalue weighted by Gasteiger charge is -2.32. The number of likely N-dealkylation sites (N-methyl/N-ethyl adjacent to an activating group) is 1. The molecule has 0 radical (unpaired) electrons. The van der Waals surface area contributed by atoms with E-state index < -0.39 is 0 Å². The predicted molar refractivity (Wildman–Crippen MR) is 120 cm³/mol. The maximum atomic E-state index is 13.0. The Labute approximate surface area is 185 Å². The van der Waals surface area contributed by atoms with Crippen LogP contribution in [-0.2, 0) is 4.79 Å². The van der Waals surface area contributed by atoms with Gasteiger partial charge in [-0.2, -0.15) is 0 Å². The van der Waals surface area contributed by atoms with Crippen molar-refractivity contribution in [3.8, 4) is 23.0 Å². The highest BCUT2D eigenvalue weighted by Gasteiger charge is 2.20. The van der Waals surface area contributed by atoms with E-state index in [1.807, 2.05) is 7.05 Å². The Balaban J connectivity index is 1.49. The minimum absolute atomic E-state index is 0.0564. The molecule has 0 bridgehead atoms. The molecule has 4 rings (SSSR count). The highest BCUT2D eigenvalue weighted by Crippen LogP contribution is 2.28. The number of hydrogen-bond acceptors (Lipinski definition) is 7. The van der Waals surface area contributed by atoms with Crippen molar-refractivity contribution < 1.29 is 23.4 Å². The average molecular weight is 438 g/mol. The second-order valence-electron chi connectivity index (χ2n) is 7.72. The smallest absolute Gasteiger partial charge is 0.260 e. The summed E-state index contributed by atoms with van der Waals surface area (Å²) >= 11 is 0. The highest BCUT2D eigenvalue weighted by molar-refractivity contribution is 5.80. The zero-order chi connectivity index (χ0) is 22.7. The molecule has 168 valence electrons. The molecule has 1 fully saturated rings. The molecule has 8 nitrogen and oxygen atoms in total. The minimum Gasteiger partial charge on any atom is -0.497 e. The lowest BCUT2D eigenvalue weighted by Crippen LogP contribution is -2.48. The van der Waals surface area contributed by atoms with Crippen molar-refractivity contribution in [2.75, 3.05) is 46.9 Å². The van der Waals surface area contributed by atoms with Crippen molar-refractivity contribution in [2.24, 2.45) is 0 Å². The van der Waals surface area contributed by atoms with E-state index in [1.165, 1.54) is 0 Å². The molecule has 0 atom stereocenters. The summed E-state index contributed by atoms with van der Waals surface area (Å²) in [6, 6.07) is 11.8. The molecule has 1 aliphatic heterocycles. The Morgan fingerprint density at radius 1 is 1.00 bits per heavy atom. The van der Waals surface area contributed by atoms with Crippen LogP contribution >= 0.6 is 0 Å². The number of aryl methyl sites for hydroxylation is 1. The largest absolute Gasteiger partial charge is 0.497 e. The number of benzene rings is 2. The van der Waals surface area contributed by atoms with Crippen LogP contribution in [0.25, 0.3) is 11.0 Å². The van der Waals surface area contributed by atoms with Gasteiger partial charge in [0.05, 0.1) is 12.5 Å². The molecule has 1 amide bonds. The van der Waals surface area contributed by atoms with Gasteiger partial charge in [-0.05, 0) is 50.4 Å². The number of nitrogens with zero attached hydrogens (tertiary/aromatic N) is 2. The molecule has 8 heteroatoms. The van der Waals surface area contributed by atoms with Gasteiger partial charge in [-0.25, -0.2) is 0 Å². The number of hydrogen-bond donors (Lipinski definition) is 0. The topological polar surface area (TPSA) is 81.4 Å². The van der Waals surface area contributed by atoms with E-state index in [0.717, 1.165) is 13.1 Å². The van der Waals surface area contributed by atoms with Gasteiger partial charge in [0.15, 0.2) is 6.61 Å². The van der Waals surface area contributed by atoms with Crippen molar-refractivity contribution in [3.63, 3.8) is 0 Å². The second kappa shape index (κ2) is 9.32. The van der Waals surface area contributed by atoms with Crippen LogP contribution in [0.15, 0.2) is 51.7 Å². The van der Waals surface area contributed by atoms with Gasteiger partial charge < -0.3 is 28.4 Å². The Morgan fingerprint density at radius 3 is 2.34 bits per heavy atom. The van der Waals surface area contributed by atoms with Crippen molar-refractivity contribution in [1.29, 1.82) is 0 Å². The van der Waals surface area contributed by atoms with E-state index in [2.05, 4.69) is 4.90 Å². The molecule has 32 heavy (non-hydrogen) atoms. The van der Waals surface area contributed by atoms with Crippen LogP contribution in [0.5, 0.6) is 23.0 Å². The van der Waals surface area contributed by atoms with Gasteiger partial charge in [0.25, 0.3) is 5.91 Å². The van der Waals surface area contributed by atoms with Crippen LogP contribution in [0, 0.1) is 6.92 Å². The summed E-state index contributed by atoms with van der Waals surface area (Å²) < 4.78 is 22.4. The molecule has 2 heterocycles. The molecule has 0 N–H and O–H groups in total. The van der Waals surface area contributed by atoms with Crippen LogP contribution < -0.4 is 19.6 Å². The Bertz CT molecular complexity index is 1160. The standard InChI is InChI=1S/C24H26N2O6/c1-16-24(32-18-6-4-17(29-3)5-7-18)23(28)20-9-8-19(14-21(20)31-16)30-15-22(27)26-12-10-25(2)11-13-26/h4-9,14H,10-13,15H2,1-3H3. The fraction of sp³-hybridized carbons (Fsp3) is 0.333. The first-order valence-electron chi connectivity index (χ1n) is 10.4. The first kappa shape index (κ1) is 21.7. The summed E-state index contributed by atoms with van der Waals surface area (Å²) in [6.07, 6.45) is 0. The number of carbonyl (C=O) groups is 1. The number of amides is 1. The second-order valence-corrected chi connectivity index (χ2v) is 7.72. The zero-order valence-electron chi connectivity index (χ0n) is 18.4. The molecular formula is C24H26N2O6. The quantitative estimate of drug-likeness (QED) is 0.585. The summed E-state index contributed by atoms with van der Waals surface area (Å²) in [5.41, 5.74) is 0.0961. The fourth-order valence-electron chi connectivity index (χ4n) is 3.53. The maximum Gasteiger partial charge on any atom is 0.260 e. The number of ether oxygens (including phenoxy) is 3. The fourth-order valence-corrected chi connectivity index (χ4v) is 3.53. The number of piperazine rings is 1. The van der Waals surface area contributed by atoms with Crippen molar-refractivity contribution in [1.82, 2.24) is 9.80 Å². The van der Waals surface area contributed by atoms with Gasteiger partial charge in [-0.15, -0.1) is 0 Å². The molecule has 0 aliphatic carbocycles. The number of methoxy groups -OCH3 is 1.